The Balaban J connectivity index is 2.04. The second kappa shape index (κ2) is 5.53. The zero-order valence-corrected chi connectivity index (χ0v) is 11.5. The van der Waals surface area contributed by atoms with Gasteiger partial charge in [-0.2, -0.15) is 0 Å². The lowest BCUT2D eigenvalue weighted by atomic mass is 10.1. The first-order valence-electron chi connectivity index (χ1n) is 6.45. The van der Waals surface area contributed by atoms with E-state index in [1.807, 2.05) is 0 Å². The highest BCUT2D eigenvalue weighted by molar-refractivity contribution is 5.83. The number of ether oxygens (including phenoxy) is 1. The Kier molecular flexibility index (Phi) is 3.70. The normalized spacial score (nSPS) is 28.2. The molecule has 3 heterocycles. The predicted molar refractivity (Wildman–Crippen MR) is 72.5 cm³/mol. The van der Waals surface area contributed by atoms with Gasteiger partial charge in [-0.3, -0.25) is 4.57 Å². The summed E-state index contributed by atoms with van der Waals surface area (Å²) in [7, 11) is 1.42. The molecule has 22 heavy (non-hydrogen) atoms. The van der Waals surface area contributed by atoms with Crippen molar-refractivity contribution < 1.29 is 20.1 Å². The van der Waals surface area contributed by atoms with Crippen LogP contribution in [0.15, 0.2) is 17.9 Å². The quantitative estimate of drug-likeness (QED) is 0.456. The van der Waals surface area contributed by atoms with Crippen molar-refractivity contribution in [2.75, 3.05) is 18.7 Å². The van der Waals surface area contributed by atoms with Crippen LogP contribution in [0.4, 0.5) is 5.82 Å². The summed E-state index contributed by atoms with van der Waals surface area (Å²) in [4.78, 5) is 22.7. The lowest BCUT2D eigenvalue weighted by molar-refractivity contribution is -0.0511. The first kappa shape index (κ1) is 14.7. The summed E-state index contributed by atoms with van der Waals surface area (Å²) in [5.74, 6) is 0.200. The van der Waals surface area contributed by atoms with E-state index in [1.54, 1.807) is 0 Å². The van der Waals surface area contributed by atoms with Gasteiger partial charge in [0.2, 0.25) is 0 Å². The topological polar surface area (TPSA) is 146 Å². The molecule has 11 heteroatoms. The van der Waals surface area contributed by atoms with Crippen LogP contribution in [0.25, 0.3) is 11.2 Å². The highest BCUT2D eigenvalue weighted by atomic mass is 16.6. The smallest absolute Gasteiger partial charge is 0.182 e. The molecule has 3 N–H and O–H groups in total. The molecule has 0 bridgehead atoms. The van der Waals surface area contributed by atoms with E-state index in [-0.39, 0.29) is 5.82 Å². The van der Waals surface area contributed by atoms with Crippen molar-refractivity contribution in [1.29, 1.82) is 0 Å². The lowest BCUT2D eigenvalue weighted by Gasteiger charge is -2.16. The molecule has 0 saturated carbocycles. The first-order valence-corrected chi connectivity index (χ1v) is 6.45. The molecule has 4 atom stereocenters. The van der Waals surface area contributed by atoms with E-state index in [9.17, 15) is 15.1 Å². The summed E-state index contributed by atoms with van der Waals surface area (Å²) in [6, 6.07) is 0. The fourth-order valence-corrected chi connectivity index (χ4v) is 2.41. The molecular weight excluding hydrogens is 296 g/mol. The number of anilines is 1. The summed E-state index contributed by atoms with van der Waals surface area (Å²) < 4.78 is 6.83. The van der Waals surface area contributed by atoms with Gasteiger partial charge in [0.15, 0.2) is 23.2 Å². The van der Waals surface area contributed by atoms with Gasteiger partial charge in [-0.05, 0) is 0 Å². The van der Waals surface area contributed by atoms with Gasteiger partial charge in [0.25, 0.3) is 0 Å². The van der Waals surface area contributed by atoms with Crippen LogP contribution in [0.3, 0.4) is 0 Å². The first-order chi connectivity index (χ1) is 10.6. The highest BCUT2D eigenvalue weighted by Crippen LogP contribution is 2.32. The van der Waals surface area contributed by atoms with Crippen LogP contribution in [0.5, 0.6) is 0 Å². The van der Waals surface area contributed by atoms with Crippen molar-refractivity contribution >= 4 is 17.0 Å². The molecule has 2 aromatic rings. The van der Waals surface area contributed by atoms with Gasteiger partial charge < -0.3 is 20.1 Å². The second-order valence-corrected chi connectivity index (χ2v) is 4.86. The summed E-state index contributed by atoms with van der Waals surface area (Å²) >= 11 is 0. The van der Waals surface area contributed by atoms with Gasteiger partial charge in [-0.25, -0.2) is 20.0 Å². The minimum absolute atomic E-state index is 0.200. The number of imidazole rings is 1. The number of nitrogens with zero attached hydrogens (tertiary/aromatic N) is 6. The number of fused-ring (bicyclic) bond motifs is 1. The van der Waals surface area contributed by atoms with Crippen LogP contribution < -0.4 is 5.01 Å². The Hall–Kier alpha value is -2.21. The van der Waals surface area contributed by atoms with Crippen molar-refractivity contribution in [2.24, 2.45) is 5.29 Å². The zero-order valence-electron chi connectivity index (χ0n) is 11.5. The maximum absolute atomic E-state index is 10.6. The molecule has 1 saturated heterocycles. The zero-order chi connectivity index (χ0) is 15.9. The number of nitroso groups, excluding NO2 is 1. The fraction of sp³-hybridized carbons (Fsp3) is 0.545. The van der Waals surface area contributed by atoms with Crippen molar-refractivity contribution in [2.45, 2.75) is 24.5 Å². The minimum atomic E-state index is -1.25. The molecule has 0 spiro atoms. The van der Waals surface area contributed by atoms with Gasteiger partial charge in [0.05, 0.1) is 18.2 Å². The highest BCUT2D eigenvalue weighted by Gasteiger charge is 2.44. The molecule has 1 aliphatic rings. The maximum Gasteiger partial charge on any atom is 0.182 e. The van der Waals surface area contributed by atoms with Crippen LogP contribution in [-0.2, 0) is 4.74 Å². The van der Waals surface area contributed by atoms with E-state index < -0.39 is 31.1 Å². The largest absolute Gasteiger partial charge is 0.394 e. The molecule has 0 amide bonds. The van der Waals surface area contributed by atoms with Crippen molar-refractivity contribution in [3.63, 3.8) is 0 Å². The molecule has 0 aromatic carbocycles. The Bertz CT molecular complexity index is 693. The minimum Gasteiger partial charge on any atom is -0.394 e. The molecule has 11 nitrogen and oxygen atoms in total. The van der Waals surface area contributed by atoms with Gasteiger partial charge in [0, 0.05) is 7.05 Å². The van der Waals surface area contributed by atoms with E-state index in [4.69, 9.17) is 9.84 Å². The molecule has 1 fully saturated rings. The summed E-state index contributed by atoms with van der Waals surface area (Å²) in [6.07, 6.45) is -1.78. The number of hydrogen-bond acceptors (Lipinski definition) is 9. The molecule has 0 aliphatic carbocycles. The standard InChI is InChI=1S/C11H14N6O5/c1-16(15-21)9-6-10(13-3-12-9)17(4-14-6)11-8(20)7(19)5(2-18)22-11/h3-5,7-8,11,18-20H,2H2,1H3/t5-,7-,8-,11-/m1/s1. The molecule has 2 aromatic heterocycles. The molecule has 0 unspecified atom stereocenters. The summed E-state index contributed by atoms with van der Waals surface area (Å²) in [5, 5.41) is 32.8. The van der Waals surface area contributed by atoms with E-state index in [0.717, 1.165) is 5.01 Å². The Labute approximate surface area is 123 Å². The fourth-order valence-electron chi connectivity index (χ4n) is 2.41. The predicted octanol–water partition coefficient (Wildman–Crippen LogP) is -1.44. The van der Waals surface area contributed by atoms with Crippen LogP contribution in [0, 0.1) is 4.91 Å². The maximum atomic E-state index is 10.6. The van der Waals surface area contributed by atoms with Crippen LogP contribution in [0.1, 0.15) is 6.23 Å². The summed E-state index contributed by atoms with van der Waals surface area (Å²) in [5.41, 5.74) is 0.595. The third kappa shape index (κ3) is 2.11. The molecule has 0 radical (unpaired) electrons. The van der Waals surface area contributed by atoms with Crippen LogP contribution in [0.2, 0.25) is 0 Å². The van der Waals surface area contributed by atoms with E-state index >= 15 is 0 Å². The SMILES string of the molecule is CN(N=O)c1ncnc2c1ncn2[C@@H]1O[C@H](CO)[C@@H](O)[C@H]1O. The Morgan fingerprint density at radius 3 is 2.77 bits per heavy atom. The van der Waals surface area contributed by atoms with Crippen molar-refractivity contribution in [3.8, 4) is 0 Å². The van der Waals surface area contributed by atoms with Gasteiger partial charge >= 0.3 is 0 Å². The van der Waals surface area contributed by atoms with Crippen molar-refractivity contribution in [1.82, 2.24) is 19.5 Å². The van der Waals surface area contributed by atoms with E-state index in [2.05, 4.69) is 20.2 Å². The van der Waals surface area contributed by atoms with Gasteiger partial charge in [-0.15, -0.1) is 4.91 Å². The monoisotopic (exact) mass is 310 g/mol. The van der Waals surface area contributed by atoms with Crippen LogP contribution >= 0.6 is 0 Å². The van der Waals surface area contributed by atoms with E-state index in [0.29, 0.717) is 11.2 Å². The second-order valence-electron chi connectivity index (χ2n) is 4.86. The molecule has 3 rings (SSSR count). The summed E-state index contributed by atoms with van der Waals surface area (Å²) in [6.45, 7) is -0.431. The average Bonchev–Trinajstić information content (AvgIpc) is 3.08. The van der Waals surface area contributed by atoms with Crippen molar-refractivity contribution in [3.05, 3.63) is 17.6 Å². The van der Waals surface area contributed by atoms with Gasteiger partial charge in [-0.1, -0.05) is 0 Å². The third-order valence-corrected chi connectivity index (χ3v) is 3.56. The number of aliphatic hydroxyl groups is 3. The van der Waals surface area contributed by atoms with Gasteiger partial charge in [0.1, 0.15) is 24.6 Å². The number of aliphatic hydroxyl groups excluding tert-OH is 3. The number of hydrogen-bond donors (Lipinski definition) is 3. The molecule has 118 valence electrons. The molecular formula is C11H14N6O5. The lowest BCUT2D eigenvalue weighted by Crippen LogP contribution is -2.33. The Morgan fingerprint density at radius 2 is 2.14 bits per heavy atom. The van der Waals surface area contributed by atoms with E-state index in [1.165, 1.54) is 24.3 Å². The van der Waals surface area contributed by atoms with Crippen LogP contribution in [-0.4, -0.2) is 66.8 Å². The average molecular weight is 310 g/mol. The number of rotatable bonds is 4. The number of aromatic nitrogens is 4. The Morgan fingerprint density at radius 1 is 1.36 bits per heavy atom. The molecule has 1 aliphatic heterocycles. The third-order valence-electron chi connectivity index (χ3n) is 3.56.